The van der Waals surface area contributed by atoms with Crippen LogP contribution >= 0.6 is 0 Å². The molecule has 5 nitrogen and oxygen atoms in total. The summed E-state index contributed by atoms with van der Waals surface area (Å²) in [6.07, 6.45) is 4.31. The van der Waals surface area contributed by atoms with Crippen LogP contribution in [0.3, 0.4) is 0 Å². The summed E-state index contributed by atoms with van der Waals surface area (Å²) in [6, 6.07) is 10.6. The molecule has 122 valence electrons. The van der Waals surface area contributed by atoms with Crippen molar-refractivity contribution < 1.29 is 9.90 Å². The first-order valence-corrected chi connectivity index (χ1v) is 8.29. The van der Waals surface area contributed by atoms with Crippen LogP contribution in [0.1, 0.15) is 59.5 Å². The third-order valence-corrected chi connectivity index (χ3v) is 4.36. The lowest BCUT2D eigenvalue weighted by atomic mass is 10.0. The second kappa shape index (κ2) is 6.96. The van der Waals surface area contributed by atoms with Crippen LogP contribution in [0.4, 0.5) is 0 Å². The van der Waals surface area contributed by atoms with Crippen molar-refractivity contribution in [2.45, 2.75) is 51.7 Å². The van der Waals surface area contributed by atoms with Crippen molar-refractivity contribution in [1.29, 1.82) is 0 Å². The lowest BCUT2D eigenvalue weighted by Crippen LogP contribution is -2.27. The molecule has 0 saturated carbocycles. The number of fused-ring (bicyclic) bond motifs is 1. The van der Waals surface area contributed by atoms with Crippen molar-refractivity contribution in [2.75, 3.05) is 0 Å². The average Bonchev–Trinajstić information content (AvgIpc) is 2.99. The Morgan fingerprint density at radius 2 is 2.09 bits per heavy atom. The zero-order valence-corrected chi connectivity index (χ0v) is 13.5. The number of hydrogen-bond acceptors (Lipinski definition) is 3. The molecule has 0 saturated heterocycles. The number of aromatic carboxylic acids is 1. The highest BCUT2D eigenvalue weighted by Gasteiger charge is 2.23. The number of carbonyl (C=O) groups is 1. The molecular weight excluding hydrogens is 290 g/mol. The van der Waals surface area contributed by atoms with Crippen LogP contribution in [-0.2, 0) is 19.5 Å². The Morgan fingerprint density at radius 1 is 1.35 bits per heavy atom. The van der Waals surface area contributed by atoms with Crippen LogP contribution in [-0.4, -0.2) is 20.9 Å². The first kappa shape index (κ1) is 15.7. The first-order valence-electron chi connectivity index (χ1n) is 8.29. The molecule has 5 heteroatoms. The summed E-state index contributed by atoms with van der Waals surface area (Å²) in [7, 11) is 0. The minimum absolute atomic E-state index is 0.137. The number of rotatable bonds is 6. The summed E-state index contributed by atoms with van der Waals surface area (Å²) >= 11 is 0. The fourth-order valence-corrected chi connectivity index (χ4v) is 3.15. The first-order chi connectivity index (χ1) is 11.2. The Labute approximate surface area is 136 Å². The maximum absolute atomic E-state index is 11.1. The summed E-state index contributed by atoms with van der Waals surface area (Å²) in [6.45, 7) is 3.77. The topological polar surface area (TPSA) is 67.2 Å². The molecular formula is C18H23N3O2. The monoisotopic (exact) mass is 313 g/mol. The molecule has 0 radical (unpaired) electrons. The van der Waals surface area contributed by atoms with Gasteiger partial charge in [0, 0.05) is 19.1 Å². The van der Waals surface area contributed by atoms with Crippen LogP contribution in [0, 0.1) is 0 Å². The highest BCUT2D eigenvalue weighted by molar-refractivity contribution is 5.85. The van der Waals surface area contributed by atoms with E-state index in [-0.39, 0.29) is 11.7 Å². The van der Waals surface area contributed by atoms with Gasteiger partial charge in [-0.05, 0) is 36.5 Å². The molecule has 1 atom stereocenters. The van der Waals surface area contributed by atoms with Crippen molar-refractivity contribution >= 4 is 5.97 Å². The molecule has 2 N–H and O–H groups in total. The van der Waals surface area contributed by atoms with E-state index in [1.54, 1.807) is 6.07 Å². The van der Waals surface area contributed by atoms with E-state index in [1.165, 1.54) is 11.1 Å². The van der Waals surface area contributed by atoms with E-state index in [1.807, 2.05) is 4.68 Å². The summed E-state index contributed by atoms with van der Waals surface area (Å²) in [4.78, 5) is 11.1. The fraction of sp³-hybridized carbons (Fsp3) is 0.444. The molecule has 0 aliphatic carbocycles. The molecule has 1 aliphatic heterocycles. The molecule has 2 aromatic rings. The number of nitrogens with one attached hydrogen (secondary N) is 1. The molecule has 2 heterocycles. The molecule has 0 amide bonds. The Bertz CT molecular complexity index is 676. The maximum atomic E-state index is 11.1. The highest BCUT2D eigenvalue weighted by Crippen LogP contribution is 2.26. The van der Waals surface area contributed by atoms with Crippen LogP contribution < -0.4 is 5.32 Å². The lowest BCUT2D eigenvalue weighted by Gasteiger charge is -2.24. The predicted octanol–water partition coefficient (Wildman–Crippen LogP) is 3.16. The van der Waals surface area contributed by atoms with Gasteiger partial charge >= 0.3 is 5.97 Å². The minimum atomic E-state index is -0.961. The smallest absolute Gasteiger partial charge is 0.356 e. The van der Waals surface area contributed by atoms with E-state index in [0.717, 1.165) is 44.5 Å². The van der Waals surface area contributed by atoms with Crippen molar-refractivity contribution in [3.63, 3.8) is 0 Å². The summed E-state index contributed by atoms with van der Waals surface area (Å²) in [5.74, 6) is -0.961. The van der Waals surface area contributed by atoms with Crippen molar-refractivity contribution in [1.82, 2.24) is 15.1 Å². The van der Waals surface area contributed by atoms with Gasteiger partial charge < -0.3 is 10.4 Å². The molecule has 0 fully saturated rings. The van der Waals surface area contributed by atoms with Gasteiger partial charge in [0.15, 0.2) is 5.69 Å². The van der Waals surface area contributed by atoms with Crippen LogP contribution in [0.25, 0.3) is 0 Å². The van der Waals surface area contributed by atoms with E-state index in [2.05, 4.69) is 41.6 Å². The van der Waals surface area contributed by atoms with Gasteiger partial charge in [-0.25, -0.2) is 4.79 Å². The molecule has 1 unspecified atom stereocenters. The predicted molar refractivity (Wildman–Crippen MR) is 88.4 cm³/mol. The SMILES string of the molecule is CCCc1ccc(CNC2CCCn3nc(C(=O)O)cc32)cc1. The molecule has 0 bridgehead atoms. The van der Waals surface area contributed by atoms with Gasteiger partial charge in [0.25, 0.3) is 0 Å². The second-order valence-electron chi connectivity index (χ2n) is 6.12. The third-order valence-electron chi connectivity index (χ3n) is 4.36. The molecule has 1 aromatic heterocycles. The quantitative estimate of drug-likeness (QED) is 0.859. The molecule has 23 heavy (non-hydrogen) atoms. The number of nitrogens with zero attached hydrogens (tertiary/aromatic N) is 2. The number of carboxylic acids is 1. The number of carboxylic acid groups (broad SMARTS) is 1. The van der Waals surface area contributed by atoms with Gasteiger partial charge in [0.2, 0.25) is 0 Å². The van der Waals surface area contributed by atoms with E-state index < -0.39 is 5.97 Å². The number of benzene rings is 1. The van der Waals surface area contributed by atoms with Gasteiger partial charge in [0.1, 0.15) is 0 Å². The number of aromatic nitrogens is 2. The largest absolute Gasteiger partial charge is 0.476 e. The van der Waals surface area contributed by atoms with Gasteiger partial charge in [0.05, 0.1) is 5.69 Å². The van der Waals surface area contributed by atoms with Crippen LogP contribution in [0.5, 0.6) is 0 Å². The number of aryl methyl sites for hydroxylation is 2. The summed E-state index contributed by atoms with van der Waals surface area (Å²) < 4.78 is 1.83. The second-order valence-corrected chi connectivity index (χ2v) is 6.12. The maximum Gasteiger partial charge on any atom is 0.356 e. The Kier molecular flexibility index (Phi) is 4.76. The fourth-order valence-electron chi connectivity index (χ4n) is 3.15. The van der Waals surface area contributed by atoms with Gasteiger partial charge in [-0.1, -0.05) is 37.6 Å². The zero-order chi connectivity index (χ0) is 16.2. The Morgan fingerprint density at radius 3 is 2.78 bits per heavy atom. The van der Waals surface area contributed by atoms with Crippen LogP contribution in [0.15, 0.2) is 30.3 Å². The standard InChI is InChI=1S/C18H23N3O2/c1-2-4-13-6-8-14(9-7-13)12-19-15-5-3-10-21-17(15)11-16(20-21)18(22)23/h6-9,11,15,19H,2-5,10,12H2,1H3,(H,22,23). The average molecular weight is 313 g/mol. The summed E-state index contributed by atoms with van der Waals surface area (Å²) in [5, 5.41) is 16.8. The molecule has 1 aliphatic rings. The third kappa shape index (κ3) is 3.62. The Hall–Kier alpha value is -2.14. The van der Waals surface area contributed by atoms with E-state index in [9.17, 15) is 4.79 Å². The van der Waals surface area contributed by atoms with Gasteiger partial charge in [-0.2, -0.15) is 5.10 Å². The van der Waals surface area contributed by atoms with Crippen LogP contribution in [0.2, 0.25) is 0 Å². The van der Waals surface area contributed by atoms with E-state index in [0.29, 0.717) is 0 Å². The van der Waals surface area contributed by atoms with Gasteiger partial charge in [-0.15, -0.1) is 0 Å². The van der Waals surface area contributed by atoms with E-state index in [4.69, 9.17) is 5.11 Å². The number of hydrogen-bond donors (Lipinski definition) is 2. The van der Waals surface area contributed by atoms with Crippen molar-refractivity contribution in [3.05, 3.63) is 52.8 Å². The molecule has 1 aromatic carbocycles. The van der Waals surface area contributed by atoms with E-state index >= 15 is 0 Å². The normalized spacial score (nSPS) is 17.0. The van der Waals surface area contributed by atoms with Gasteiger partial charge in [-0.3, -0.25) is 4.68 Å². The Balaban J connectivity index is 1.66. The molecule has 0 spiro atoms. The lowest BCUT2D eigenvalue weighted by molar-refractivity contribution is 0.0689. The highest BCUT2D eigenvalue weighted by atomic mass is 16.4. The minimum Gasteiger partial charge on any atom is -0.476 e. The van der Waals surface area contributed by atoms with Crippen molar-refractivity contribution in [3.8, 4) is 0 Å². The molecule has 3 rings (SSSR count). The van der Waals surface area contributed by atoms with Crippen molar-refractivity contribution in [2.24, 2.45) is 0 Å². The summed E-state index contributed by atoms with van der Waals surface area (Å²) in [5.41, 5.74) is 3.74. The zero-order valence-electron chi connectivity index (χ0n) is 13.5.